The maximum absolute atomic E-state index is 10.4. The van der Waals surface area contributed by atoms with Crippen molar-refractivity contribution in [2.24, 2.45) is 11.7 Å². The third-order valence-corrected chi connectivity index (χ3v) is 3.71. The van der Waals surface area contributed by atoms with Crippen molar-refractivity contribution in [1.29, 1.82) is 0 Å². The van der Waals surface area contributed by atoms with Crippen LogP contribution in [0.4, 0.5) is 0 Å². The van der Waals surface area contributed by atoms with Gasteiger partial charge in [-0.25, -0.2) is 0 Å². The van der Waals surface area contributed by atoms with Crippen molar-refractivity contribution in [3.8, 4) is 0 Å². The lowest BCUT2D eigenvalue weighted by molar-refractivity contribution is -0.0646. The van der Waals surface area contributed by atoms with E-state index in [2.05, 4.69) is 18.7 Å². The van der Waals surface area contributed by atoms with Crippen LogP contribution in [0.5, 0.6) is 0 Å². The molecule has 1 fully saturated rings. The topological polar surface area (TPSA) is 49.5 Å². The smallest absolute Gasteiger partial charge is 0.0712 e. The van der Waals surface area contributed by atoms with E-state index < -0.39 is 5.60 Å². The van der Waals surface area contributed by atoms with Crippen LogP contribution in [-0.2, 0) is 0 Å². The molecule has 0 bridgehead atoms. The number of hydrogen-bond donors (Lipinski definition) is 2. The molecule has 1 aliphatic rings. The van der Waals surface area contributed by atoms with Gasteiger partial charge in [0.15, 0.2) is 0 Å². The molecule has 1 rings (SSSR count). The second-order valence-electron chi connectivity index (χ2n) is 4.38. The highest BCUT2D eigenvalue weighted by molar-refractivity contribution is 4.91. The fraction of sp³-hybridized carbons (Fsp3) is 1.00. The minimum absolute atomic E-state index is 0.279. The zero-order valence-corrected chi connectivity index (χ0v) is 9.50. The van der Waals surface area contributed by atoms with Crippen molar-refractivity contribution in [1.82, 2.24) is 4.90 Å². The minimum Gasteiger partial charge on any atom is -0.389 e. The average molecular weight is 200 g/mol. The van der Waals surface area contributed by atoms with E-state index in [1.807, 2.05) is 0 Å². The van der Waals surface area contributed by atoms with Crippen molar-refractivity contribution >= 4 is 0 Å². The molecule has 0 saturated carbocycles. The predicted octanol–water partition coefficient (Wildman–Crippen LogP) is 0.818. The Labute approximate surface area is 87.3 Å². The molecule has 1 aliphatic heterocycles. The Bertz CT molecular complexity index is 161. The second kappa shape index (κ2) is 5.10. The number of aliphatic hydroxyl groups is 1. The number of hydrogen-bond acceptors (Lipinski definition) is 3. The number of nitrogens with zero attached hydrogens (tertiary/aromatic N) is 1. The second-order valence-corrected chi connectivity index (χ2v) is 4.38. The number of rotatable bonds is 4. The molecule has 0 aromatic carbocycles. The lowest BCUT2D eigenvalue weighted by Gasteiger charge is -2.42. The van der Waals surface area contributed by atoms with Gasteiger partial charge in [-0.15, -0.1) is 0 Å². The van der Waals surface area contributed by atoms with E-state index in [1.54, 1.807) is 0 Å². The highest BCUT2D eigenvalue weighted by Gasteiger charge is 2.37. The van der Waals surface area contributed by atoms with Gasteiger partial charge in [-0.05, 0) is 38.3 Å². The normalized spacial score (nSPS) is 24.9. The average Bonchev–Trinajstić information content (AvgIpc) is 2.20. The Hall–Kier alpha value is -0.120. The maximum atomic E-state index is 10.4. The molecule has 1 atom stereocenters. The monoisotopic (exact) mass is 200 g/mol. The summed E-state index contributed by atoms with van der Waals surface area (Å²) < 4.78 is 0. The van der Waals surface area contributed by atoms with Gasteiger partial charge in [-0.1, -0.05) is 13.8 Å². The van der Waals surface area contributed by atoms with Gasteiger partial charge < -0.3 is 15.7 Å². The van der Waals surface area contributed by atoms with Gasteiger partial charge >= 0.3 is 0 Å². The number of piperidine rings is 1. The molecule has 3 nitrogen and oxygen atoms in total. The summed E-state index contributed by atoms with van der Waals surface area (Å²) in [7, 11) is 0. The lowest BCUT2D eigenvalue weighted by atomic mass is 9.78. The van der Waals surface area contributed by atoms with E-state index in [-0.39, 0.29) is 5.92 Å². The van der Waals surface area contributed by atoms with Crippen LogP contribution >= 0.6 is 0 Å². The van der Waals surface area contributed by atoms with Gasteiger partial charge in [0.1, 0.15) is 0 Å². The summed E-state index contributed by atoms with van der Waals surface area (Å²) in [6.07, 6.45) is 2.76. The molecule has 3 heteroatoms. The third kappa shape index (κ3) is 2.47. The van der Waals surface area contributed by atoms with Crippen molar-refractivity contribution in [3.63, 3.8) is 0 Å². The Kier molecular flexibility index (Phi) is 4.35. The van der Waals surface area contributed by atoms with Gasteiger partial charge in [0, 0.05) is 13.1 Å². The molecule has 0 radical (unpaired) electrons. The third-order valence-electron chi connectivity index (χ3n) is 3.71. The first kappa shape index (κ1) is 12.0. The largest absolute Gasteiger partial charge is 0.389 e. The van der Waals surface area contributed by atoms with Crippen LogP contribution in [-0.4, -0.2) is 41.8 Å². The molecule has 0 amide bonds. The molecular weight excluding hydrogens is 176 g/mol. The quantitative estimate of drug-likeness (QED) is 0.706. The Morgan fingerprint density at radius 1 is 1.36 bits per heavy atom. The molecule has 0 aromatic rings. The Morgan fingerprint density at radius 3 is 2.29 bits per heavy atom. The summed E-state index contributed by atoms with van der Waals surface area (Å²) >= 11 is 0. The van der Waals surface area contributed by atoms with Crippen LogP contribution < -0.4 is 5.73 Å². The van der Waals surface area contributed by atoms with Crippen molar-refractivity contribution in [2.45, 2.75) is 38.7 Å². The zero-order valence-electron chi connectivity index (χ0n) is 9.50. The summed E-state index contributed by atoms with van der Waals surface area (Å²) in [5.74, 6) is 0.279. The SMILES string of the molecule is CCC(CN)C1(O)CCN(CC)CC1. The van der Waals surface area contributed by atoms with E-state index in [1.165, 1.54) is 0 Å². The summed E-state index contributed by atoms with van der Waals surface area (Å²) in [6, 6.07) is 0. The van der Waals surface area contributed by atoms with Gasteiger partial charge in [-0.3, -0.25) is 0 Å². The number of likely N-dealkylation sites (tertiary alicyclic amines) is 1. The first-order valence-corrected chi connectivity index (χ1v) is 5.81. The molecule has 1 saturated heterocycles. The van der Waals surface area contributed by atoms with E-state index in [4.69, 9.17) is 5.73 Å². The number of nitrogens with two attached hydrogens (primary N) is 1. The first-order chi connectivity index (χ1) is 6.66. The summed E-state index contributed by atoms with van der Waals surface area (Å²) in [6.45, 7) is 8.02. The van der Waals surface area contributed by atoms with Gasteiger partial charge in [0.2, 0.25) is 0 Å². The molecule has 0 spiro atoms. The molecule has 3 N–H and O–H groups in total. The first-order valence-electron chi connectivity index (χ1n) is 5.81. The van der Waals surface area contributed by atoms with E-state index in [0.717, 1.165) is 38.9 Å². The zero-order chi connectivity index (χ0) is 10.6. The minimum atomic E-state index is -0.491. The van der Waals surface area contributed by atoms with Crippen LogP contribution in [0.15, 0.2) is 0 Å². The Balaban J connectivity index is 2.51. The molecule has 0 aromatic heterocycles. The maximum Gasteiger partial charge on any atom is 0.0712 e. The fourth-order valence-electron chi connectivity index (χ4n) is 2.43. The Morgan fingerprint density at radius 2 is 1.93 bits per heavy atom. The molecule has 84 valence electrons. The molecule has 1 unspecified atom stereocenters. The lowest BCUT2D eigenvalue weighted by Crippen LogP contribution is -2.50. The van der Waals surface area contributed by atoms with Crippen LogP contribution in [0.25, 0.3) is 0 Å². The van der Waals surface area contributed by atoms with E-state index in [9.17, 15) is 5.11 Å². The van der Waals surface area contributed by atoms with Crippen LogP contribution in [0, 0.1) is 5.92 Å². The van der Waals surface area contributed by atoms with E-state index in [0.29, 0.717) is 6.54 Å². The predicted molar refractivity (Wildman–Crippen MR) is 59.1 cm³/mol. The van der Waals surface area contributed by atoms with Crippen molar-refractivity contribution in [3.05, 3.63) is 0 Å². The molecule has 0 aliphatic carbocycles. The fourth-order valence-corrected chi connectivity index (χ4v) is 2.43. The van der Waals surface area contributed by atoms with Gasteiger partial charge in [0.25, 0.3) is 0 Å². The molecular formula is C11H24N2O. The van der Waals surface area contributed by atoms with Gasteiger partial charge in [0.05, 0.1) is 5.60 Å². The van der Waals surface area contributed by atoms with Crippen molar-refractivity contribution in [2.75, 3.05) is 26.2 Å². The standard InChI is InChI=1S/C11H24N2O/c1-3-10(9-12)11(14)5-7-13(4-2)8-6-11/h10,14H,3-9,12H2,1-2H3. The van der Waals surface area contributed by atoms with Crippen LogP contribution in [0.2, 0.25) is 0 Å². The highest BCUT2D eigenvalue weighted by Crippen LogP contribution is 2.31. The molecule has 1 heterocycles. The summed E-state index contributed by atoms with van der Waals surface area (Å²) in [5, 5.41) is 10.4. The molecule has 14 heavy (non-hydrogen) atoms. The van der Waals surface area contributed by atoms with E-state index >= 15 is 0 Å². The summed E-state index contributed by atoms with van der Waals surface area (Å²) in [5.41, 5.74) is 5.20. The summed E-state index contributed by atoms with van der Waals surface area (Å²) in [4.78, 5) is 2.39. The van der Waals surface area contributed by atoms with Crippen LogP contribution in [0.3, 0.4) is 0 Å². The van der Waals surface area contributed by atoms with Gasteiger partial charge in [-0.2, -0.15) is 0 Å². The van der Waals surface area contributed by atoms with Crippen molar-refractivity contribution < 1.29 is 5.11 Å². The van der Waals surface area contributed by atoms with Crippen LogP contribution in [0.1, 0.15) is 33.1 Å². The highest BCUT2D eigenvalue weighted by atomic mass is 16.3.